The lowest BCUT2D eigenvalue weighted by Crippen LogP contribution is -2.46. The SMILES string of the molecule is C.CCc1nc2ccc(Cl)cn2c1C(=O)NCc1cc(F)c(N2CCN(S(=O)(=O)C(F)(F)F)C=N2)c(F)c1.CCc1nc2ncc(Cl)cn2c1C(=O)O.NCc1cc(F)c(N2CCN(S(=O)(=O)C(F)(F)F)C=N2)c(F)c1. The van der Waals surface area contributed by atoms with E-state index in [4.69, 9.17) is 34.0 Å². The number of nitrogens with zero attached hydrogens (tertiary/aromatic N) is 11. The highest BCUT2D eigenvalue weighted by Gasteiger charge is 2.51. The monoisotopic (exact) mass is 1160 g/mol. The summed E-state index contributed by atoms with van der Waals surface area (Å²) in [4.78, 5) is 36.4. The first-order chi connectivity index (χ1) is 35.0. The number of alkyl halides is 6. The maximum atomic E-state index is 14.8. The van der Waals surface area contributed by atoms with Crippen LogP contribution in [-0.2, 0) is 46.0 Å². The minimum absolute atomic E-state index is 0. The second kappa shape index (κ2) is 23.5. The highest BCUT2D eigenvalue weighted by Crippen LogP contribution is 2.32. The van der Waals surface area contributed by atoms with Crippen molar-refractivity contribution in [1.29, 1.82) is 0 Å². The van der Waals surface area contributed by atoms with E-state index in [1.54, 1.807) is 12.1 Å². The quantitative estimate of drug-likeness (QED) is 0.108. The lowest BCUT2D eigenvalue weighted by atomic mass is 10.1. The number of carboxylic acid groups (broad SMARTS) is 1. The number of benzene rings is 2. The summed E-state index contributed by atoms with van der Waals surface area (Å²) in [6, 6.07) is 7.05. The highest BCUT2D eigenvalue weighted by molar-refractivity contribution is 7.90. The Labute approximate surface area is 434 Å². The Morgan fingerprint density at radius 2 is 1.16 bits per heavy atom. The number of carbonyl (C=O) groups is 2. The van der Waals surface area contributed by atoms with Crippen LogP contribution >= 0.6 is 23.2 Å². The molecule has 2 aliphatic heterocycles. The number of halogens is 12. The van der Waals surface area contributed by atoms with E-state index >= 15 is 0 Å². The molecule has 0 spiro atoms. The van der Waals surface area contributed by atoms with Crippen molar-refractivity contribution in [3.8, 4) is 0 Å². The Morgan fingerprint density at radius 3 is 1.58 bits per heavy atom. The van der Waals surface area contributed by atoms with Crippen LogP contribution in [0.15, 0.2) is 65.2 Å². The molecule has 6 aromatic rings. The summed E-state index contributed by atoms with van der Waals surface area (Å²) >= 11 is 11.8. The number of pyridine rings is 1. The number of nitrogens with one attached hydrogen (secondary N) is 1. The van der Waals surface area contributed by atoms with E-state index in [2.05, 4.69) is 30.5 Å². The van der Waals surface area contributed by atoms with Crippen LogP contribution in [0.5, 0.6) is 0 Å². The molecule has 34 heteroatoms. The fourth-order valence-electron chi connectivity index (χ4n) is 7.03. The first kappa shape index (κ1) is 59.8. The molecule has 4 N–H and O–H groups in total. The standard InChI is InChI=1S/C21H18ClF5N6O3S.C11H11F5N4O2S.C9H8ClN3O2.CH4/c1-2-16-19(32-10-13(22)3-4-17(32)30-16)20(34)28-9-12-7-14(23)18(15(24)8-12)33-6-5-31(11-29-33)37(35,36)21(25,26)27;12-8-3-7(5-17)4-9(13)10(8)20-2-1-19(6-18-20)23(21,22)11(14,15)16;1-2-6-7(8(14)15)13-4-5(10)3-11-9(13)12-6;/h3-4,7-8,10-11H,2,5-6,9H2,1H3,(H,28,34);3-4,6H,1-2,5,17H2;3-4H,2H2,1H3,(H,14,15);1H4. The Morgan fingerprint density at radius 1 is 0.697 bits per heavy atom. The minimum atomic E-state index is -5.67. The predicted octanol–water partition coefficient (Wildman–Crippen LogP) is 7.29. The number of fused-ring (bicyclic) bond motifs is 2. The molecule has 2 aromatic carbocycles. The van der Waals surface area contributed by atoms with Crippen molar-refractivity contribution in [2.45, 2.75) is 58.2 Å². The van der Waals surface area contributed by atoms with E-state index in [1.807, 2.05) is 13.8 Å². The number of imidazole rings is 2. The molecule has 8 rings (SSSR count). The third-order valence-corrected chi connectivity index (χ3v) is 13.9. The zero-order valence-corrected chi connectivity index (χ0v) is 41.4. The van der Waals surface area contributed by atoms with Crippen LogP contribution in [-0.4, -0.2) is 116 Å². The Kier molecular flexibility index (Phi) is 18.5. The van der Waals surface area contributed by atoms with Crippen molar-refractivity contribution in [3.63, 3.8) is 0 Å². The fourth-order valence-corrected chi connectivity index (χ4v) is 8.84. The molecule has 6 heterocycles. The van der Waals surface area contributed by atoms with Crippen molar-refractivity contribution < 1.29 is 75.4 Å². The maximum Gasteiger partial charge on any atom is 0.516 e. The van der Waals surface area contributed by atoms with Crippen molar-refractivity contribution in [3.05, 3.63) is 122 Å². The van der Waals surface area contributed by atoms with Crippen molar-refractivity contribution >= 4 is 90.6 Å². The van der Waals surface area contributed by atoms with Crippen molar-refractivity contribution in [2.75, 3.05) is 36.2 Å². The summed E-state index contributed by atoms with van der Waals surface area (Å²) < 4.78 is 181. The number of hydrogen-bond acceptors (Lipinski definition) is 14. The lowest BCUT2D eigenvalue weighted by Gasteiger charge is -2.30. The molecule has 0 radical (unpaired) electrons. The summed E-state index contributed by atoms with van der Waals surface area (Å²) in [6.07, 6.45) is 6.15. The second-order valence-electron chi connectivity index (χ2n) is 15.4. The molecule has 412 valence electrons. The Bertz CT molecular complexity index is 3410. The number of hydrazone groups is 2. The van der Waals surface area contributed by atoms with Gasteiger partial charge in [-0.15, -0.1) is 0 Å². The molecule has 0 saturated carbocycles. The van der Waals surface area contributed by atoms with Gasteiger partial charge in [0, 0.05) is 25.5 Å². The smallest absolute Gasteiger partial charge is 0.477 e. The zero-order chi connectivity index (χ0) is 55.5. The largest absolute Gasteiger partial charge is 0.516 e. The van der Waals surface area contributed by atoms with Crippen molar-refractivity contribution in [1.82, 2.24) is 37.7 Å². The van der Waals surface area contributed by atoms with Crippen LogP contribution in [0.2, 0.25) is 10.0 Å². The van der Waals surface area contributed by atoms with Crippen LogP contribution in [0.1, 0.15) is 64.8 Å². The average molecular weight is 1160 g/mol. The number of aryl methyl sites for hydroxylation is 2. The van der Waals surface area contributed by atoms with E-state index in [0.29, 0.717) is 63.4 Å². The van der Waals surface area contributed by atoms with E-state index in [0.717, 1.165) is 29.3 Å². The van der Waals surface area contributed by atoms with Crippen LogP contribution in [0.25, 0.3) is 11.4 Å². The third kappa shape index (κ3) is 12.6. The van der Waals surface area contributed by atoms with Gasteiger partial charge < -0.3 is 16.2 Å². The van der Waals surface area contributed by atoms with Gasteiger partial charge >= 0.3 is 37.0 Å². The maximum absolute atomic E-state index is 14.8. The van der Waals surface area contributed by atoms with E-state index in [-0.39, 0.29) is 51.6 Å². The molecule has 0 unspecified atom stereocenters. The molecule has 2 aliphatic rings. The number of aromatic carboxylic acids is 1. The van der Waals surface area contributed by atoms with E-state index < -0.39 is 104 Å². The van der Waals surface area contributed by atoms with Crippen LogP contribution in [0.3, 0.4) is 0 Å². The van der Waals surface area contributed by atoms with Gasteiger partial charge in [0.05, 0.1) is 53.8 Å². The molecular formula is C42H41Cl2F10N13O7S2. The van der Waals surface area contributed by atoms with Gasteiger partial charge in [0.25, 0.3) is 5.91 Å². The van der Waals surface area contributed by atoms with Gasteiger partial charge in [-0.25, -0.2) is 45.9 Å². The number of amides is 1. The van der Waals surface area contributed by atoms with Crippen LogP contribution in [0, 0.1) is 23.3 Å². The van der Waals surface area contributed by atoms with Gasteiger partial charge in [0.2, 0.25) is 5.78 Å². The number of aromatic nitrogens is 5. The number of carbonyl (C=O) groups excluding carboxylic acids is 1. The minimum Gasteiger partial charge on any atom is -0.477 e. The first-order valence-electron chi connectivity index (χ1n) is 21.2. The summed E-state index contributed by atoms with van der Waals surface area (Å²) in [6.45, 7) is 0.905. The summed E-state index contributed by atoms with van der Waals surface area (Å²) in [5.41, 5.74) is -4.94. The molecule has 0 saturated heterocycles. The van der Waals surface area contributed by atoms with Gasteiger partial charge in [-0.1, -0.05) is 44.5 Å². The van der Waals surface area contributed by atoms with Crippen LogP contribution in [0.4, 0.5) is 55.3 Å². The number of carboxylic acids is 1. The van der Waals surface area contributed by atoms with Gasteiger partial charge in [0.15, 0.2) is 29.0 Å². The fraction of sp³-hybridized carbons (Fsp3) is 0.310. The van der Waals surface area contributed by atoms with Gasteiger partial charge in [-0.2, -0.15) is 53.4 Å². The number of sulfonamides is 2. The van der Waals surface area contributed by atoms with Gasteiger partial charge in [-0.05, 0) is 60.4 Å². The summed E-state index contributed by atoms with van der Waals surface area (Å²) in [5, 5.41) is 20.7. The van der Waals surface area contributed by atoms with Gasteiger partial charge in [-0.3, -0.25) is 23.6 Å². The molecule has 1 amide bonds. The average Bonchev–Trinajstić information content (AvgIpc) is 3.90. The lowest BCUT2D eigenvalue weighted by molar-refractivity contribution is -0.0477. The number of nitrogens with two attached hydrogens (primary N) is 1. The van der Waals surface area contributed by atoms with Gasteiger partial charge in [0.1, 0.15) is 35.4 Å². The highest BCUT2D eigenvalue weighted by atomic mass is 35.5. The molecule has 20 nitrogen and oxygen atoms in total. The molecule has 76 heavy (non-hydrogen) atoms. The summed E-state index contributed by atoms with van der Waals surface area (Å²) in [7, 11) is -11.3. The Balaban J connectivity index is 0.000000232. The first-order valence-corrected chi connectivity index (χ1v) is 24.8. The second-order valence-corrected chi connectivity index (χ2v) is 20.0. The van der Waals surface area contributed by atoms with Crippen molar-refractivity contribution in [2.24, 2.45) is 15.9 Å². The van der Waals surface area contributed by atoms with E-state index in [9.17, 15) is 70.3 Å². The molecule has 0 atom stereocenters. The number of rotatable bonds is 11. The normalized spacial score (nSPS) is 14.0. The predicted molar refractivity (Wildman–Crippen MR) is 257 cm³/mol. The summed E-state index contributed by atoms with van der Waals surface area (Å²) in [5.74, 6) is -5.45. The van der Waals surface area contributed by atoms with Crippen LogP contribution < -0.4 is 21.1 Å². The van der Waals surface area contributed by atoms with E-state index in [1.165, 1.54) is 27.4 Å². The molecule has 0 fully saturated rings. The number of hydrogen-bond donors (Lipinski definition) is 3. The Hall–Kier alpha value is -7.03. The topological polar surface area (TPSA) is 246 Å². The third-order valence-electron chi connectivity index (χ3n) is 10.5. The molecule has 4 aromatic heterocycles. The molecular weight excluding hydrogens is 1120 g/mol. The molecule has 0 aliphatic carbocycles. The zero-order valence-electron chi connectivity index (χ0n) is 38.3. The number of anilines is 2. The molecule has 0 bridgehead atoms.